The summed E-state index contributed by atoms with van der Waals surface area (Å²) in [6.45, 7) is 2.12. The molecule has 0 saturated carbocycles. The Morgan fingerprint density at radius 2 is 0.489 bits per heavy atom. The molecule has 0 unspecified atom stereocenters. The average Bonchev–Trinajstić information content (AvgIpc) is 3.12. The second kappa shape index (κ2) is 12.8. The zero-order valence-electron chi connectivity index (χ0n) is 25.3. The van der Waals surface area contributed by atoms with Gasteiger partial charge in [-0.05, 0) is 102 Å². The number of nitrogens with zero attached hydrogens (tertiary/aromatic N) is 2. The lowest BCUT2D eigenvalue weighted by Crippen LogP contribution is -2.10. The highest BCUT2D eigenvalue weighted by Crippen LogP contribution is 2.38. The Labute approximate surface area is 266 Å². The van der Waals surface area contributed by atoms with E-state index in [9.17, 15) is 0 Å². The predicted molar refractivity (Wildman–Crippen MR) is 191 cm³/mol. The molecule has 0 heterocycles. The average molecular weight is 579 g/mol. The Balaban J connectivity index is 1.18. The van der Waals surface area contributed by atoms with E-state index in [-0.39, 0.29) is 0 Å². The topological polar surface area (TPSA) is 6.48 Å². The molecule has 0 aliphatic rings. The maximum absolute atomic E-state index is 2.31. The van der Waals surface area contributed by atoms with Crippen molar-refractivity contribution in [3.63, 3.8) is 0 Å². The number of benzene rings is 7. The summed E-state index contributed by atoms with van der Waals surface area (Å²) in [4.78, 5) is 4.61. The molecule has 7 aromatic carbocycles. The lowest BCUT2D eigenvalue weighted by atomic mass is 10.0. The highest BCUT2D eigenvalue weighted by atomic mass is 15.1. The van der Waals surface area contributed by atoms with Crippen molar-refractivity contribution < 1.29 is 0 Å². The first kappa shape index (κ1) is 27.9. The fourth-order valence-corrected chi connectivity index (χ4v) is 5.78. The molecule has 45 heavy (non-hydrogen) atoms. The first-order valence-corrected chi connectivity index (χ1v) is 15.4. The lowest BCUT2D eigenvalue weighted by molar-refractivity contribution is 1.27. The summed E-state index contributed by atoms with van der Waals surface area (Å²) in [5, 5.41) is 0. The van der Waals surface area contributed by atoms with Crippen LogP contribution in [0.5, 0.6) is 0 Å². The minimum Gasteiger partial charge on any atom is -0.311 e. The van der Waals surface area contributed by atoms with Crippen LogP contribution in [-0.4, -0.2) is 0 Å². The molecule has 0 bridgehead atoms. The fourth-order valence-electron chi connectivity index (χ4n) is 5.78. The van der Waals surface area contributed by atoms with Gasteiger partial charge < -0.3 is 9.80 Å². The maximum atomic E-state index is 2.31. The molecule has 0 fully saturated rings. The highest BCUT2D eigenvalue weighted by molar-refractivity contribution is 5.81. The van der Waals surface area contributed by atoms with Crippen LogP contribution in [0.15, 0.2) is 188 Å². The van der Waals surface area contributed by atoms with Gasteiger partial charge >= 0.3 is 0 Å². The van der Waals surface area contributed by atoms with E-state index in [4.69, 9.17) is 0 Å². The van der Waals surface area contributed by atoms with E-state index in [1.165, 1.54) is 27.8 Å². The van der Waals surface area contributed by atoms with Crippen molar-refractivity contribution in [2.75, 3.05) is 9.80 Å². The molecule has 7 aromatic rings. The first-order valence-electron chi connectivity index (χ1n) is 15.4. The third kappa shape index (κ3) is 6.13. The van der Waals surface area contributed by atoms with Crippen LogP contribution in [0.1, 0.15) is 5.56 Å². The molecule has 0 atom stereocenters. The quantitative estimate of drug-likeness (QED) is 0.177. The van der Waals surface area contributed by atoms with E-state index in [2.05, 4.69) is 205 Å². The molecule has 0 amide bonds. The zero-order chi connectivity index (χ0) is 30.4. The summed E-state index contributed by atoms with van der Waals surface area (Å²) in [6.07, 6.45) is 0. The second-order valence-electron chi connectivity index (χ2n) is 11.2. The Bertz CT molecular complexity index is 1950. The number of para-hydroxylation sites is 2. The van der Waals surface area contributed by atoms with Crippen LogP contribution < -0.4 is 9.80 Å². The summed E-state index contributed by atoms with van der Waals surface area (Å²) in [7, 11) is 0. The smallest absolute Gasteiger partial charge is 0.0462 e. The number of rotatable bonds is 8. The standard InChI is InChI=1S/C43H34N2/c1-33-17-25-40(26-18-33)44(38-13-7-3-8-14-38)41-29-21-36(22-30-41)37-23-31-43(32-24-37)45(39-15-9-4-10-16-39)42-27-19-35(20-28-42)34-11-5-2-6-12-34/h2-32H,1H3. The van der Waals surface area contributed by atoms with Crippen molar-refractivity contribution in [2.45, 2.75) is 6.92 Å². The van der Waals surface area contributed by atoms with Gasteiger partial charge in [0.25, 0.3) is 0 Å². The third-order valence-corrected chi connectivity index (χ3v) is 8.14. The summed E-state index contributed by atoms with van der Waals surface area (Å²) in [5.74, 6) is 0. The van der Waals surface area contributed by atoms with Crippen molar-refractivity contribution in [3.8, 4) is 22.3 Å². The summed E-state index contributed by atoms with van der Waals surface area (Å²) in [6, 6.07) is 66.8. The van der Waals surface area contributed by atoms with Gasteiger partial charge in [0.1, 0.15) is 0 Å². The number of aryl methyl sites for hydroxylation is 1. The van der Waals surface area contributed by atoms with Gasteiger partial charge in [0.15, 0.2) is 0 Å². The molecule has 0 N–H and O–H groups in total. The Morgan fingerprint density at radius 1 is 0.244 bits per heavy atom. The van der Waals surface area contributed by atoms with Crippen LogP contribution in [-0.2, 0) is 0 Å². The van der Waals surface area contributed by atoms with Crippen molar-refractivity contribution in [1.29, 1.82) is 0 Å². The van der Waals surface area contributed by atoms with E-state index < -0.39 is 0 Å². The number of hydrogen-bond acceptors (Lipinski definition) is 2. The minimum atomic E-state index is 1.11. The summed E-state index contributed by atoms with van der Waals surface area (Å²) in [5.41, 5.74) is 12.8. The van der Waals surface area contributed by atoms with Gasteiger partial charge in [-0.15, -0.1) is 0 Å². The molecule has 0 saturated heterocycles. The fraction of sp³-hybridized carbons (Fsp3) is 0.0233. The lowest BCUT2D eigenvalue weighted by Gasteiger charge is -2.26. The molecule has 0 aromatic heterocycles. The Morgan fingerprint density at radius 3 is 0.822 bits per heavy atom. The normalized spacial score (nSPS) is 10.8. The van der Waals surface area contributed by atoms with Crippen LogP contribution in [0.2, 0.25) is 0 Å². The van der Waals surface area contributed by atoms with Gasteiger partial charge in [0, 0.05) is 34.1 Å². The molecule has 7 rings (SSSR count). The number of hydrogen-bond donors (Lipinski definition) is 0. The predicted octanol–water partition coefficient (Wildman–Crippen LogP) is 12.3. The van der Waals surface area contributed by atoms with Gasteiger partial charge in [0.05, 0.1) is 0 Å². The molecule has 216 valence electrons. The Hall–Kier alpha value is -5.86. The maximum Gasteiger partial charge on any atom is 0.0462 e. The Kier molecular flexibility index (Phi) is 7.94. The second-order valence-corrected chi connectivity index (χ2v) is 11.2. The summed E-state index contributed by atoms with van der Waals surface area (Å²) < 4.78 is 0. The van der Waals surface area contributed by atoms with Crippen molar-refractivity contribution in [3.05, 3.63) is 194 Å². The monoisotopic (exact) mass is 578 g/mol. The third-order valence-electron chi connectivity index (χ3n) is 8.14. The van der Waals surface area contributed by atoms with E-state index in [0.29, 0.717) is 0 Å². The van der Waals surface area contributed by atoms with Crippen LogP contribution in [0.3, 0.4) is 0 Å². The zero-order valence-corrected chi connectivity index (χ0v) is 25.3. The van der Waals surface area contributed by atoms with Crippen LogP contribution in [0.25, 0.3) is 22.3 Å². The van der Waals surface area contributed by atoms with Gasteiger partial charge in [-0.25, -0.2) is 0 Å². The highest BCUT2D eigenvalue weighted by Gasteiger charge is 2.14. The van der Waals surface area contributed by atoms with E-state index in [1.54, 1.807) is 0 Å². The number of anilines is 6. The van der Waals surface area contributed by atoms with Crippen LogP contribution >= 0.6 is 0 Å². The molecular formula is C43H34N2. The largest absolute Gasteiger partial charge is 0.311 e. The van der Waals surface area contributed by atoms with Gasteiger partial charge in [0.2, 0.25) is 0 Å². The molecule has 2 heteroatoms. The van der Waals surface area contributed by atoms with Crippen molar-refractivity contribution in [1.82, 2.24) is 0 Å². The molecule has 0 aliphatic carbocycles. The first-order chi connectivity index (χ1) is 22.2. The van der Waals surface area contributed by atoms with Crippen LogP contribution in [0.4, 0.5) is 34.1 Å². The molecule has 0 spiro atoms. The van der Waals surface area contributed by atoms with Gasteiger partial charge in [-0.1, -0.05) is 121 Å². The molecule has 2 nitrogen and oxygen atoms in total. The van der Waals surface area contributed by atoms with E-state index in [0.717, 1.165) is 34.1 Å². The minimum absolute atomic E-state index is 1.11. The van der Waals surface area contributed by atoms with Gasteiger partial charge in [-0.2, -0.15) is 0 Å². The van der Waals surface area contributed by atoms with Crippen molar-refractivity contribution in [2.24, 2.45) is 0 Å². The SMILES string of the molecule is Cc1ccc(N(c2ccccc2)c2ccc(-c3ccc(N(c4ccccc4)c4ccc(-c5ccccc5)cc4)cc3)cc2)cc1. The van der Waals surface area contributed by atoms with Crippen LogP contribution in [0, 0.1) is 6.92 Å². The van der Waals surface area contributed by atoms with Crippen molar-refractivity contribution >= 4 is 34.1 Å². The summed E-state index contributed by atoms with van der Waals surface area (Å²) >= 11 is 0. The van der Waals surface area contributed by atoms with E-state index >= 15 is 0 Å². The molecule has 0 aliphatic heterocycles. The molecule has 0 radical (unpaired) electrons. The van der Waals surface area contributed by atoms with E-state index in [1.807, 2.05) is 0 Å². The van der Waals surface area contributed by atoms with Gasteiger partial charge in [-0.3, -0.25) is 0 Å². The molecular weight excluding hydrogens is 544 g/mol.